The Morgan fingerprint density at radius 3 is 2.37 bits per heavy atom. The third-order valence-corrected chi connectivity index (χ3v) is 5.83. The van der Waals surface area contributed by atoms with Crippen molar-refractivity contribution in [3.8, 4) is 16.9 Å². The number of aromatic nitrogens is 3. The summed E-state index contributed by atoms with van der Waals surface area (Å²) in [5.74, 6) is 0.573. The number of carbonyl (C=O) groups excluding carboxylic acids is 1. The van der Waals surface area contributed by atoms with Crippen LogP contribution in [0.1, 0.15) is 48.0 Å². The normalized spacial score (nSPS) is 11.3. The maximum Gasteiger partial charge on any atom is 0.213 e. The highest BCUT2D eigenvalue weighted by molar-refractivity contribution is 6.12. The number of ether oxygens (including phenoxy) is 1. The molecule has 0 radical (unpaired) electrons. The molecule has 0 aliphatic heterocycles. The van der Waals surface area contributed by atoms with Crippen molar-refractivity contribution in [2.24, 2.45) is 0 Å². The predicted molar refractivity (Wildman–Crippen MR) is 135 cm³/mol. The fourth-order valence-electron chi connectivity index (χ4n) is 3.90. The molecule has 0 spiro atoms. The van der Waals surface area contributed by atoms with Crippen molar-refractivity contribution < 1.29 is 18.8 Å². The van der Waals surface area contributed by atoms with Crippen LogP contribution < -0.4 is 9.58 Å². The number of rotatable bonds is 12. The largest absolute Gasteiger partial charge is 0.691 e. The molecule has 6 nitrogen and oxygen atoms in total. The summed E-state index contributed by atoms with van der Waals surface area (Å²) in [5.41, 5.74) is 4.06. The molecule has 0 aliphatic carbocycles. The molecule has 0 aliphatic rings. The Morgan fingerprint density at radius 2 is 1.63 bits per heavy atom. The summed E-state index contributed by atoms with van der Waals surface area (Å²) >= 11 is 0. The fourth-order valence-corrected chi connectivity index (χ4v) is 3.90. The van der Waals surface area contributed by atoms with Crippen molar-refractivity contribution in [1.82, 2.24) is 10.3 Å². The summed E-state index contributed by atoms with van der Waals surface area (Å²) in [7, 11) is 0. The smallest absolute Gasteiger partial charge is 0.213 e. The molecule has 1 heterocycles. The first-order chi connectivity index (χ1) is 17.2. The number of hydrogen-bond acceptors (Lipinski definition) is 4. The lowest BCUT2D eigenvalue weighted by molar-refractivity contribution is -0.644. The monoisotopic (exact) mass is 473 g/mol. The van der Waals surface area contributed by atoms with E-state index in [9.17, 15) is 14.4 Å². The van der Waals surface area contributed by atoms with Crippen molar-refractivity contribution in [3.63, 3.8) is 0 Å². The number of H-pyrrole nitrogens is 1. The summed E-state index contributed by atoms with van der Waals surface area (Å²) in [6.07, 6.45) is 7.87. The van der Waals surface area contributed by atoms with E-state index in [2.05, 4.69) is 10.3 Å². The van der Waals surface area contributed by atoms with Crippen molar-refractivity contribution in [2.75, 3.05) is 13.3 Å². The molecular weight excluding hydrogens is 445 g/mol. The van der Waals surface area contributed by atoms with Gasteiger partial charge in [0.15, 0.2) is 11.3 Å². The van der Waals surface area contributed by atoms with E-state index in [0.717, 1.165) is 48.1 Å². The standard InChI is InChI=1S/C28H28FN3O3/c29-19-4-2-1-3-5-20-35-24-16-14-23(15-17-24)22-12-9-21(10-13-22)11-18-27(33)25-7-6-8-26-28(25)32(34)31-30-26/h6-18,30H,1-5,19-20H2/b18-11+. The van der Waals surface area contributed by atoms with Crippen LogP contribution >= 0.6 is 0 Å². The maximum absolute atomic E-state index is 12.6. The Morgan fingerprint density at radius 1 is 0.943 bits per heavy atom. The lowest BCUT2D eigenvalue weighted by atomic mass is 10.0. The fraction of sp³-hybridized carbons (Fsp3) is 0.250. The first-order valence-corrected chi connectivity index (χ1v) is 11.8. The third kappa shape index (κ3) is 6.32. The highest BCUT2D eigenvalue weighted by Gasteiger charge is 2.15. The Bertz CT molecular complexity index is 1280. The van der Waals surface area contributed by atoms with Crippen LogP contribution in [-0.4, -0.2) is 29.4 Å². The van der Waals surface area contributed by atoms with Gasteiger partial charge in [0.05, 0.1) is 24.1 Å². The molecule has 4 rings (SSSR count). The predicted octanol–water partition coefficient (Wildman–Crippen LogP) is 6.06. The summed E-state index contributed by atoms with van der Waals surface area (Å²) in [4.78, 5) is 13.1. The van der Waals surface area contributed by atoms with Crippen LogP contribution in [0.5, 0.6) is 5.75 Å². The highest BCUT2D eigenvalue weighted by atomic mass is 19.1. The van der Waals surface area contributed by atoms with Gasteiger partial charge in [-0.3, -0.25) is 9.18 Å². The Balaban J connectivity index is 1.32. The molecule has 0 unspecified atom stereocenters. The van der Waals surface area contributed by atoms with E-state index in [4.69, 9.17) is 4.74 Å². The van der Waals surface area contributed by atoms with Gasteiger partial charge in [-0.25, -0.2) is 0 Å². The lowest BCUT2D eigenvalue weighted by Crippen LogP contribution is -2.29. The number of para-hydroxylation sites is 1. The van der Waals surface area contributed by atoms with Crippen LogP contribution in [0.4, 0.5) is 4.39 Å². The molecule has 0 fully saturated rings. The number of ketones is 1. The number of allylic oxidation sites excluding steroid dienone is 1. The first kappa shape index (κ1) is 24.1. The summed E-state index contributed by atoms with van der Waals surface area (Å²) < 4.78 is 17.9. The number of aromatic amines is 1. The van der Waals surface area contributed by atoms with E-state index in [0.29, 0.717) is 29.0 Å². The maximum atomic E-state index is 12.6. The molecule has 0 atom stereocenters. The molecule has 0 saturated carbocycles. The van der Waals surface area contributed by atoms with E-state index < -0.39 is 0 Å². The summed E-state index contributed by atoms with van der Waals surface area (Å²) in [5, 5.41) is 18.0. The van der Waals surface area contributed by atoms with Crippen LogP contribution in [0.15, 0.2) is 72.8 Å². The average molecular weight is 474 g/mol. The van der Waals surface area contributed by atoms with E-state index >= 15 is 0 Å². The van der Waals surface area contributed by atoms with Crippen LogP contribution in [0, 0.1) is 5.21 Å². The number of nitrogens with zero attached hydrogens (tertiary/aromatic N) is 2. The van der Waals surface area contributed by atoms with Gasteiger partial charge < -0.3 is 9.94 Å². The van der Waals surface area contributed by atoms with E-state index in [-0.39, 0.29) is 18.0 Å². The molecule has 3 aromatic carbocycles. The Kier molecular flexibility index (Phi) is 8.22. The van der Waals surface area contributed by atoms with Gasteiger partial charge in [-0.05, 0) is 59.9 Å². The number of hydrogen-bond donors (Lipinski definition) is 1. The minimum absolute atomic E-state index is 0.227. The quantitative estimate of drug-likeness (QED) is 0.0892. The number of alkyl halides is 1. The topological polar surface area (TPSA) is 81.9 Å². The van der Waals surface area contributed by atoms with Crippen LogP contribution in [0.3, 0.4) is 0 Å². The van der Waals surface area contributed by atoms with E-state index in [1.165, 1.54) is 6.08 Å². The van der Waals surface area contributed by atoms with Gasteiger partial charge in [-0.2, -0.15) is 0 Å². The van der Waals surface area contributed by atoms with Crippen molar-refractivity contribution in [1.29, 1.82) is 0 Å². The third-order valence-electron chi connectivity index (χ3n) is 5.83. The second-order valence-electron chi connectivity index (χ2n) is 8.34. The Hall–Kier alpha value is -4.00. The minimum Gasteiger partial charge on any atom is -0.691 e. The first-order valence-electron chi connectivity index (χ1n) is 11.8. The molecule has 0 bridgehead atoms. The van der Waals surface area contributed by atoms with Gasteiger partial charge in [-0.15, -0.1) is 9.94 Å². The second-order valence-corrected chi connectivity index (χ2v) is 8.34. The minimum atomic E-state index is -0.263. The molecule has 1 aromatic heterocycles. The van der Waals surface area contributed by atoms with Gasteiger partial charge in [-0.1, -0.05) is 67.8 Å². The van der Waals surface area contributed by atoms with Gasteiger partial charge in [0.1, 0.15) is 5.75 Å². The van der Waals surface area contributed by atoms with E-state index in [1.807, 2.05) is 48.5 Å². The average Bonchev–Trinajstić information content (AvgIpc) is 3.28. The molecule has 0 amide bonds. The number of carbonyl (C=O) groups is 1. The van der Waals surface area contributed by atoms with Gasteiger partial charge in [0.25, 0.3) is 0 Å². The van der Waals surface area contributed by atoms with Crippen molar-refractivity contribution >= 4 is 22.9 Å². The molecule has 7 heteroatoms. The molecule has 0 saturated heterocycles. The Labute approximate surface area is 203 Å². The van der Waals surface area contributed by atoms with Crippen molar-refractivity contribution in [2.45, 2.75) is 32.1 Å². The van der Waals surface area contributed by atoms with Crippen LogP contribution in [0.2, 0.25) is 0 Å². The number of benzene rings is 3. The molecule has 35 heavy (non-hydrogen) atoms. The van der Waals surface area contributed by atoms with Gasteiger partial charge >= 0.3 is 0 Å². The summed E-state index contributed by atoms with van der Waals surface area (Å²) in [6.45, 7) is 0.439. The highest BCUT2D eigenvalue weighted by Crippen LogP contribution is 2.23. The summed E-state index contributed by atoms with van der Waals surface area (Å²) in [6, 6.07) is 20.9. The van der Waals surface area contributed by atoms with E-state index in [1.54, 1.807) is 24.3 Å². The number of fused-ring (bicyclic) bond motifs is 1. The van der Waals surface area contributed by atoms with Crippen LogP contribution in [0.25, 0.3) is 28.2 Å². The molecule has 180 valence electrons. The zero-order valence-corrected chi connectivity index (χ0v) is 19.5. The number of unbranched alkanes of at least 4 members (excludes halogenated alkanes) is 4. The lowest BCUT2D eigenvalue weighted by Gasteiger charge is -2.08. The second kappa shape index (κ2) is 11.9. The SMILES string of the molecule is O=C(/C=C/c1ccc(-c2ccc(OCCCCCCCF)cc2)cc1)c1cccc2[nH]n[n+]([O-])c12. The zero-order chi connectivity index (χ0) is 24.5. The number of nitrogens with one attached hydrogen (secondary N) is 1. The van der Waals surface area contributed by atoms with Crippen LogP contribution in [-0.2, 0) is 0 Å². The molecule has 1 N–H and O–H groups in total. The zero-order valence-electron chi connectivity index (χ0n) is 19.5. The van der Waals surface area contributed by atoms with Crippen molar-refractivity contribution in [3.05, 3.63) is 89.1 Å². The van der Waals surface area contributed by atoms with Gasteiger partial charge in [0.2, 0.25) is 5.52 Å². The van der Waals surface area contributed by atoms with Gasteiger partial charge in [0, 0.05) is 0 Å². The molecule has 4 aromatic rings. The number of halogens is 1. The molecular formula is C28H28FN3O3.